The molecule has 0 saturated carbocycles. The van der Waals surface area contributed by atoms with Gasteiger partial charge in [-0.1, -0.05) is 19.1 Å². The highest BCUT2D eigenvalue weighted by Crippen LogP contribution is 2.14. The van der Waals surface area contributed by atoms with Crippen LogP contribution < -0.4 is 4.74 Å². The number of ether oxygens (including phenoxy) is 2. The molecule has 0 aliphatic carbocycles. The Labute approximate surface area is 125 Å². The van der Waals surface area contributed by atoms with Gasteiger partial charge in [-0.15, -0.1) is 0 Å². The van der Waals surface area contributed by atoms with Crippen molar-refractivity contribution in [3.8, 4) is 5.75 Å². The molecule has 0 radical (unpaired) electrons. The third kappa shape index (κ3) is 7.72. The van der Waals surface area contributed by atoms with Gasteiger partial charge in [0.15, 0.2) is 0 Å². The molecule has 0 fully saturated rings. The number of hydrogen-bond acceptors (Lipinski definition) is 4. The SMILES string of the molecule is COc1ccc(COCCC(C)CCS(=O)(=O)Cl)cc1. The van der Waals surface area contributed by atoms with Crippen molar-refractivity contribution in [3.05, 3.63) is 29.8 Å². The van der Waals surface area contributed by atoms with E-state index >= 15 is 0 Å². The van der Waals surface area contributed by atoms with Gasteiger partial charge in [0.2, 0.25) is 9.05 Å². The van der Waals surface area contributed by atoms with Crippen LogP contribution in [0.4, 0.5) is 0 Å². The van der Waals surface area contributed by atoms with Gasteiger partial charge in [0.05, 0.1) is 19.5 Å². The van der Waals surface area contributed by atoms with E-state index < -0.39 is 9.05 Å². The minimum Gasteiger partial charge on any atom is -0.497 e. The van der Waals surface area contributed by atoms with Crippen molar-refractivity contribution in [2.75, 3.05) is 19.5 Å². The van der Waals surface area contributed by atoms with Crippen molar-refractivity contribution >= 4 is 19.7 Å². The van der Waals surface area contributed by atoms with Crippen molar-refractivity contribution in [1.29, 1.82) is 0 Å². The van der Waals surface area contributed by atoms with Gasteiger partial charge in [-0.05, 0) is 36.5 Å². The van der Waals surface area contributed by atoms with E-state index in [0.29, 0.717) is 19.6 Å². The Kier molecular flexibility index (Phi) is 7.34. The number of benzene rings is 1. The predicted octanol–water partition coefficient (Wildman–Crippen LogP) is 3.20. The van der Waals surface area contributed by atoms with Gasteiger partial charge < -0.3 is 9.47 Å². The molecule has 20 heavy (non-hydrogen) atoms. The zero-order valence-corrected chi connectivity index (χ0v) is 13.4. The quantitative estimate of drug-likeness (QED) is 0.518. The van der Waals surface area contributed by atoms with Gasteiger partial charge >= 0.3 is 0 Å². The van der Waals surface area contributed by atoms with E-state index in [2.05, 4.69) is 0 Å². The lowest BCUT2D eigenvalue weighted by Crippen LogP contribution is -2.07. The predicted molar refractivity (Wildman–Crippen MR) is 80.7 cm³/mol. The van der Waals surface area contributed by atoms with Crippen LogP contribution in [0, 0.1) is 5.92 Å². The minimum absolute atomic E-state index is 0.0220. The molecule has 1 atom stereocenters. The maximum Gasteiger partial charge on any atom is 0.232 e. The Morgan fingerprint density at radius 3 is 2.40 bits per heavy atom. The summed E-state index contributed by atoms with van der Waals surface area (Å²) >= 11 is 0. The Hall–Kier alpha value is -0.780. The second-order valence-corrected chi connectivity index (χ2v) is 7.72. The first-order valence-corrected chi connectivity index (χ1v) is 9.01. The monoisotopic (exact) mass is 320 g/mol. The van der Waals surface area contributed by atoms with Crippen molar-refractivity contribution in [2.45, 2.75) is 26.4 Å². The topological polar surface area (TPSA) is 52.6 Å². The number of rotatable bonds is 9. The van der Waals surface area contributed by atoms with Crippen LogP contribution in [0.15, 0.2) is 24.3 Å². The fourth-order valence-electron chi connectivity index (χ4n) is 1.68. The fourth-order valence-corrected chi connectivity index (χ4v) is 2.63. The summed E-state index contributed by atoms with van der Waals surface area (Å²) in [7, 11) is 3.43. The molecule has 0 bridgehead atoms. The number of hydrogen-bond donors (Lipinski definition) is 0. The van der Waals surface area contributed by atoms with Crippen molar-refractivity contribution < 1.29 is 17.9 Å². The molecule has 4 nitrogen and oxygen atoms in total. The second kappa shape index (κ2) is 8.49. The van der Waals surface area contributed by atoms with Crippen molar-refractivity contribution in [1.82, 2.24) is 0 Å². The Morgan fingerprint density at radius 2 is 1.85 bits per heavy atom. The molecular weight excluding hydrogens is 300 g/mol. The summed E-state index contributed by atoms with van der Waals surface area (Å²) in [6.07, 6.45) is 1.39. The van der Waals surface area contributed by atoms with Crippen LogP contribution in [0.25, 0.3) is 0 Å². The summed E-state index contributed by atoms with van der Waals surface area (Å²) in [6.45, 7) is 3.15. The molecule has 0 spiro atoms. The Balaban J connectivity index is 2.17. The van der Waals surface area contributed by atoms with Crippen LogP contribution in [0.1, 0.15) is 25.3 Å². The molecular formula is C14H21ClO4S. The summed E-state index contributed by atoms with van der Waals surface area (Å²) in [4.78, 5) is 0. The molecule has 6 heteroatoms. The van der Waals surface area contributed by atoms with Gasteiger partial charge in [0.25, 0.3) is 0 Å². The molecule has 0 amide bonds. The normalized spacial score (nSPS) is 13.2. The molecule has 1 unspecified atom stereocenters. The van der Waals surface area contributed by atoms with Gasteiger partial charge in [-0.25, -0.2) is 8.42 Å². The Bertz CT molecular complexity index is 484. The van der Waals surface area contributed by atoms with Gasteiger partial charge in [0, 0.05) is 17.3 Å². The first-order chi connectivity index (χ1) is 9.40. The van der Waals surface area contributed by atoms with E-state index in [-0.39, 0.29) is 11.7 Å². The van der Waals surface area contributed by atoms with Gasteiger partial charge in [0.1, 0.15) is 5.75 Å². The maximum atomic E-state index is 10.8. The van der Waals surface area contributed by atoms with Crippen LogP contribution in [-0.2, 0) is 20.4 Å². The van der Waals surface area contributed by atoms with Crippen LogP contribution in [-0.4, -0.2) is 27.9 Å². The van der Waals surface area contributed by atoms with Crippen molar-refractivity contribution in [2.24, 2.45) is 5.92 Å². The largest absolute Gasteiger partial charge is 0.497 e. The fraction of sp³-hybridized carbons (Fsp3) is 0.571. The first-order valence-electron chi connectivity index (χ1n) is 6.53. The smallest absolute Gasteiger partial charge is 0.232 e. The lowest BCUT2D eigenvalue weighted by molar-refractivity contribution is 0.108. The highest BCUT2D eigenvalue weighted by molar-refractivity contribution is 8.13. The molecule has 0 aliphatic rings. The number of halogens is 1. The van der Waals surface area contributed by atoms with E-state index in [4.69, 9.17) is 20.2 Å². The maximum absolute atomic E-state index is 10.8. The van der Waals surface area contributed by atoms with Crippen LogP contribution in [0.2, 0.25) is 0 Å². The molecule has 0 aromatic heterocycles. The summed E-state index contributed by atoms with van der Waals surface area (Å²) in [5, 5.41) is 0. The second-order valence-electron chi connectivity index (χ2n) is 4.83. The summed E-state index contributed by atoms with van der Waals surface area (Å²) in [6, 6.07) is 7.71. The zero-order chi connectivity index (χ0) is 15.0. The van der Waals surface area contributed by atoms with E-state index in [1.54, 1.807) is 7.11 Å². The lowest BCUT2D eigenvalue weighted by Gasteiger charge is -2.10. The molecule has 1 rings (SSSR count). The summed E-state index contributed by atoms with van der Waals surface area (Å²) in [5.74, 6) is 1.12. The van der Waals surface area contributed by atoms with E-state index in [1.165, 1.54) is 0 Å². The standard InChI is InChI=1S/C14H21ClO4S/c1-12(8-10-20(15,16)17)7-9-19-11-13-3-5-14(18-2)6-4-13/h3-6,12H,7-11H2,1-2H3. The van der Waals surface area contributed by atoms with Gasteiger partial charge in [-0.2, -0.15) is 0 Å². The average molecular weight is 321 g/mol. The lowest BCUT2D eigenvalue weighted by atomic mass is 10.1. The highest BCUT2D eigenvalue weighted by atomic mass is 35.7. The van der Waals surface area contributed by atoms with Crippen LogP contribution in [0.5, 0.6) is 5.75 Å². The van der Waals surface area contributed by atoms with Crippen LogP contribution >= 0.6 is 10.7 Å². The third-order valence-corrected chi connectivity index (χ3v) is 4.22. The summed E-state index contributed by atoms with van der Waals surface area (Å²) < 4.78 is 32.3. The van der Waals surface area contributed by atoms with Gasteiger partial charge in [-0.3, -0.25) is 0 Å². The van der Waals surface area contributed by atoms with E-state index in [0.717, 1.165) is 17.7 Å². The van der Waals surface area contributed by atoms with E-state index in [1.807, 2.05) is 31.2 Å². The molecule has 1 aromatic rings. The van der Waals surface area contributed by atoms with Crippen molar-refractivity contribution in [3.63, 3.8) is 0 Å². The zero-order valence-electron chi connectivity index (χ0n) is 11.8. The molecule has 1 aromatic carbocycles. The molecule has 0 aliphatic heterocycles. The molecule has 114 valence electrons. The highest BCUT2D eigenvalue weighted by Gasteiger charge is 2.09. The number of methoxy groups -OCH3 is 1. The Morgan fingerprint density at radius 1 is 1.20 bits per heavy atom. The first kappa shape index (κ1) is 17.3. The minimum atomic E-state index is -3.38. The molecule has 0 saturated heterocycles. The molecule has 0 N–H and O–H groups in total. The third-order valence-electron chi connectivity index (χ3n) is 3.04. The van der Waals surface area contributed by atoms with Crippen LogP contribution in [0.3, 0.4) is 0 Å². The van der Waals surface area contributed by atoms with E-state index in [9.17, 15) is 8.42 Å². The summed E-state index contributed by atoms with van der Waals surface area (Å²) in [5.41, 5.74) is 1.08. The molecule has 0 heterocycles. The average Bonchev–Trinajstić information content (AvgIpc) is 2.41.